The van der Waals surface area contributed by atoms with E-state index in [-0.39, 0.29) is 17.7 Å². The Bertz CT molecular complexity index is 582. The number of rotatable bonds is 4. The zero-order valence-electron chi connectivity index (χ0n) is 12.8. The van der Waals surface area contributed by atoms with Crippen molar-refractivity contribution >= 4 is 16.0 Å². The summed E-state index contributed by atoms with van der Waals surface area (Å²) in [6.07, 6.45) is 6.25. The average molecular weight is 328 g/mol. The molecule has 6 nitrogen and oxygen atoms in total. The zero-order chi connectivity index (χ0) is 15.5. The van der Waals surface area contributed by atoms with E-state index in [4.69, 9.17) is 0 Å². The van der Waals surface area contributed by atoms with Crippen LogP contribution in [0.2, 0.25) is 0 Å². The van der Waals surface area contributed by atoms with E-state index < -0.39 is 21.4 Å². The van der Waals surface area contributed by atoms with Crippen LogP contribution in [0.5, 0.6) is 0 Å². The van der Waals surface area contributed by atoms with Gasteiger partial charge in [-0.1, -0.05) is 12.8 Å². The van der Waals surface area contributed by atoms with Crippen LogP contribution in [-0.2, 0) is 14.8 Å². The summed E-state index contributed by atoms with van der Waals surface area (Å²) in [6, 6.07) is 0.510. The summed E-state index contributed by atoms with van der Waals surface area (Å²) in [5.41, 5.74) is -0.884. The number of aliphatic carboxylic acids is 1. The molecule has 7 heteroatoms. The Morgan fingerprint density at radius 3 is 2.27 bits per heavy atom. The number of nitrogens with zero attached hydrogens (tertiary/aromatic N) is 2. The van der Waals surface area contributed by atoms with Gasteiger partial charge in [0.2, 0.25) is 10.0 Å². The van der Waals surface area contributed by atoms with Crippen LogP contribution in [-0.4, -0.2) is 66.2 Å². The van der Waals surface area contributed by atoms with Crippen LogP contribution in [0.3, 0.4) is 0 Å². The van der Waals surface area contributed by atoms with Gasteiger partial charge in [-0.15, -0.1) is 0 Å². The van der Waals surface area contributed by atoms with E-state index in [9.17, 15) is 18.3 Å². The Morgan fingerprint density at radius 2 is 1.73 bits per heavy atom. The first kappa shape index (κ1) is 14.9. The maximum absolute atomic E-state index is 12.4. The predicted molar refractivity (Wildman–Crippen MR) is 80.9 cm³/mol. The largest absolute Gasteiger partial charge is 0.481 e. The monoisotopic (exact) mass is 328 g/mol. The molecule has 4 fully saturated rings. The van der Waals surface area contributed by atoms with Crippen molar-refractivity contribution in [3.05, 3.63) is 0 Å². The van der Waals surface area contributed by atoms with Crippen LogP contribution in [0.25, 0.3) is 0 Å². The summed E-state index contributed by atoms with van der Waals surface area (Å²) in [6.45, 7) is 1.84. The molecule has 4 rings (SSSR count). The maximum atomic E-state index is 12.4. The molecular weight excluding hydrogens is 304 g/mol. The summed E-state index contributed by atoms with van der Waals surface area (Å²) >= 11 is 0. The van der Waals surface area contributed by atoms with Crippen LogP contribution >= 0.6 is 0 Å². The Kier molecular flexibility index (Phi) is 3.33. The van der Waals surface area contributed by atoms with Gasteiger partial charge in [-0.25, -0.2) is 12.7 Å². The third-order valence-corrected chi connectivity index (χ3v) is 8.49. The number of sulfonamides is 1. The van der Waals surface area contributed by atoms with Gasteiger partial charge in [-0.05, 0) is 25.7 Å². The molecule has 2 heterocycles. The van der Waals surface area contributed by atoms with Crippen molar-refractivity contribution in [3.8, 4) is 0 Å². The third-order valence-electron chi connectivity index (χ3n) is 6.18. The number of fused-ring (bicyclic) bond motifs is 1. The van der Waals surface area contributed by atoms with Gasteiger partial charge in [-0.2, -0.15) is 0 Å². The number of carbonyl (C=O) groups is 1. The molecule has 1 N–H and O–H groups in total. The molecule has 0 unspecified atom stereocenters. The van der Waals surface area contributed by atoms with Crippen LogP contribution in [0.4, 0.5) is 0 Å². The molecule has 0 aromatic rings. The number of likely N-dealkylation sites (tertiary alicyclic amines) is 1. The Hall–Kier alpha value is -0.660. The molecule has 124 valence electrons. The lowest BCUT2D eigenvalue weighted by atomic mass is 9.81. The highest BCUT2D eigenvalue weighted by Crippen LogP contribution is 2.47. The maximum Gasteiger partial charge on any atom is 0.312 e. The zero-order valence-corrected chi connectivity index (χ0v) is 13.6. The summed E-state index contributed by atoms with van der Waals surface area (Å²) in [7, 11) is -3.26. The fraction of sp³-hybridized carbons (Fsp3) is 0.933. The molecule has 0 amide bonds. The van der Waals surface area contributed by atoms with E-state index in [1.54, 1.807) is 0 Å². The van der Waals surface area contributed by atoms with Gasteiger partial charge < -0.3 is 5.11 Å². The normalized spacial score (nSPS) is 37.7. The van der Waals surface area contributed by atoms with Gasteiger partial charge >= 0.3 is 5.97 Å². The molecular formula is C15H24N2O4S. The van der Waals surface area contributed by atoms with Crippen molar-refractivity contribution in [2.24, 2.45) is 11.3 Å². The lowest BCUT2D eigenvalue weighted by Gasteiger charge is -2.28. The molecule has 22 heavy (non-hydrogen) atoms. The molecule has 4 aliphatic rings. The van der Waals surface area contributed by atoms with Crippen LogP contribution in [0.15, 0.2) is 0 Å². The van der Waals surface area contributed by atoms with Crippen LogP contribution in [0, 0.1) is 11.3 Å². The number of carboxylic acids is 1. The van der Waals surface area contributed by atoms with E-state index in [0.717, 1.165) is 32.2 Å². The highest BCUT2D eigenvalue weighted by molar-refractivity contribution is 7.90. The minimum absolute atomic E-state index is 0.0564. The van der Waals surface area contributed by atoms with Crippen LogP contribution < -0.4 is 0 Å². The smallest absolute Gasteiger partial charge is 0.312 e. The van der Waals surface area contributed by atoms with Gasteiger partial charge in [-0.3, -0.25) is 9.69 Å². The molecule has 2 aliphatic carbocycles. The summed E-state index contributed by atoms with van der Waals surface area (Å²) in [5.74, 6) is -0.870. The van der Waals surface area contributed by atoms with Crippen molar-refractivity contribution in [3.63, 3.8) is 0 Å². The molecule has 2 saturated heterocycles. The SMILES string of the molecule is O=C(O)[C@@]12CN(C3CCCC3)C[C@@H]1CN(S(=O)(=O)C1CC1)C2. The average Bonchev–Trinajstić information content (AvgIpc) is 2.92. The second-order valence-corrected chi connectivity index (χ2v) is 9.78. The van der Waals surface area contributed by atoms with E-state index in [1.807, 2.05) is 0 Å². The lowest BCUT2D eigenvalue weighted by molar-refractivity contribution is -0.148. The van der Waals surface area contributed by atoms with E-state index in [1.165, 1.54) is 17.1 Å². The summed E-state index contributed by atoms with van der Waals surface area (Å²) in [5, 5.41) is 9.58. The molecule has 2 aliphatic heterocycles. The second-order valence-electron chi connectivity index (χ2n) is 7.56. The number of hydrogen-bond acceptors (Lipinski definition) is 4. The topological polar surface area (TPSA) is 77.9 Å². The lowest BCUT2D eigenvalue weighted by Crippen LogP contribution is -2.44. The number of hydrogen-bond donors (Lipinski definition) is 1. The van der Waals surface area contributed by atoms with Gasteiger partial charge in [0, 0.05) is 38.1 Å². The van der Waals surface area contributed by atoms with E-state index in [0.29, 0.717) is 19.1 Å². The van der Waals surface area contributed by atoms with Crippen molar-refractivity contribution in [2.75, 3.05) is 26.2 Å². The quantitative estimate of drug-likeness (QED) is 0.823. The molecule has 0 spiro atoms. The van der Waals surface area contributed by atoms with Gasteiger partial charge in [0.1, 0.15) is 0 Å². The van der Waals surface area contributed by atoms with Crippen molar-refractivity contribution < 1.29 is 18.3 Å². The van der Waals surface area contributed by atoms with E-state index in [2.05, 4.69) is 4.90 Å². The van der Waals surface area contributed by atoms with Crippen LogP contribution in [0.1, 0.15) is 38.5 Å². The highest BCUT2D eigenvalue weighted by Gasteiger charge is 2.61. The van der Waals surface area contributed by atoms with Crippen molar-refractivity contribution in [2.45, 2.75) is 49.8 Å². The minimum Gasteiger partial charge on any atom is -0.481 e. The summed E-state index contributed by atoms with van der Waals surface area (Å²) in [4.78, 5) is 14.3. The fourth-order valence-corrected chi connectivity index (χ4v) is 6.63. The van der Waals surface area contributed by atoms with Crippen molar-refractivity contribution in [1.29, 1.82) is 0 Å². The van der Waals surface area contributed by atoms with Gasteiger partial charge in [0.25, 0.3) is 0 Å². The van der Waals surface area contributed by atoms with E-state index >= 15 is 0 Å². The standard InChI is InChI=1S/C15H24N2O4S/c18-14(19)15-9-16(12-3-1-2-4-12)7-11(15)8-17(10-15)22(20,21)13-5-6-13/h11-13H,1-10H2,(H,18,19)/t11-,15-/m1/s1. The molecule has 0 radical (unpaired) electrons. The Morgan fingerprint density at radius 1 is 1.05 bits per heavy atom. The molecule has 0 bridgehead atoms. The minimum atomic E-state index is -3.26. The molecule has 2 saturated carbocycles. The summed E-state index contributed by atoms with van der Waals surface area (Å²) < 4.78 is 26.4. The van der Waals surface area contributed by atoms with Gasteiger partial charge in [0.15, 0.2) is 0 Å². The highest BCUT2D eigenvalue weighted by atomic mass is 32.2. The Labute approximate surface area is 131 Å². The molecule has 0 aromatic heterocycles. The number of carboxylic acid groups (broad SMARTS) is 1. The van der Waals surface area contributed by atoms with Crippen molar-refractivity contribution in [1.82, 2.24) is 9.21 Å². The Balaban J connectivity index is 1.55. The predicted octanol–water partition coefficient (Wildman–Crippen LogP) is 0.740. The first-order chi connectivity index (χ1) is 10.4. The first-order valence-corrected chi connectivity index (χ1v) is 9.90. The van der Waals surface area contributed by atoms with Gasteiger partial charge in [0.05, 0.1) is 10.7 Å². The fourth-order valence-electron chi connectivity index (χ4n) is 4.68. The third kappa shape index (κ3) is 2.12. The first-order valence-electron chi connectivity index (χ1n) is 8.40. The molecule has 0 aromatic carbocycles. The molecule has 2 atom stereocenters. The second kappa shape index (κ2) is 4.92.